The van der Waals surface area contributed by atoms with Crippen LogP contribution in [-0.2, 0) is 4.79 Å². The van der Waals surface area contributed by atoms with E-state index >= 15 is 0 Å². The first-order chi connectivity index (χ1) is 7.56. The number of hydrogen-bond acceptors (Lipinski definition) is 1. The minimum absolute atomic E-state index is 0.00533. The Kier molecular flexibility index (Phi) is 4.81. The fraction of sp³-hybridized carbons (Fsp3) is 0.462. The van der Waals surface area contributed by atoms with Gasteiger partial charge in [0.05, 0.1) is 6.04 Å². The molecule has 0 aliphatic heterocycles. The molecule has 1 aromatic carbocycles. The second-order valence-electron chi connectivity index (χ2n) is 4.14. The highest BCUT2D eigenvalue weighted by Gasteiger charge is 2.15. The van der Waals surface area contributed by atoms with Crippen molar-refractivity contribution in [1.82, 2.24) is 5.32 Å². The SMILES string of the molecule is Cc1ccccc1[C@@H](C)NC(=O)C(C)CCl. The van der Waals surface area contributed by atoms with E-state index in [1.54, 1.807) is 0 Å². The summed E-state index contributed by atoms with van der Waals surface area (Å²) in [6.07, 6.45) is 0. The minimum atomic E-state index is -0.145. The molecule has 0 aliphatic carbocycles. The van der Waals surface area contributed by atoms with Crippen molar-refractivity contribution < 1.29 is 4.79 Å². The average molecular weight is 240 g/mol. The Hall–Kier alpha value is -1.02. The zero-order valence-corrected chi connectivity index (χ0v) is 10.7. The Labute approximate surface area is 102 Å². The summed E-state index contributed by atoms with van der Waals surface area (Å²) in [5.41, 5.74) is 2.34. The molecule has 0 aromatic heterocycles. The van der Waals surface area contributed by atoms with Crippen molar-refractivity contribution in [1.29, 1.82) is 0 Å². The first-order valence-electron chi connectivity index (χ1n) is 5.48. The lowest BCUT2D eigenvalue weighted by Crippen LogP contribution is -2.32. The van der Waals surface area contributed by atoms with Gasteiger partial charge >= 0.3 is 0 Å². The van der Waals surface area contributed by atoms with Crippen LogP contribution in [0.3, 0.4) is 0 Å². The number of hydrogen-bond donors (Lipinski definition) is 1. The lowest BCUT2D eigenvalue weighted by Gasteiger charge is -2.18. The third kappa shape index (κ3) is 3.24. The van der Waals surface area contributed by atoms with E-state index in [2.05, 4.69) is 5.32 Å². The van der Waals surface area contributed by atoms with Crippen molar-refractivity contribution in [2.75, 3.05) is 5.88 Å². The van der Waals surface area contributed by atoms with E-state index in [1.165, 1.54) is 5.56 Å². The highest BCUT2D eigenvalue weighted by molar-refractivity contribution is 6.19. The smallest absolute Gasteiger partial charge is 0.224 e. The monoisotopic (exact) mass is 239 g/mol. The molecule has 1 aromatic rings. The molecule has 2 atom stereocenters. The average Bonchev–Trinajstić information content (AvgIpc) is 2.28. The van der Waals surface area contributed by atoms with Gasteiger partial charge < -0.3 is 5.32 Å². The molecule has 0 spiro atoms. The van der Waals surface area contributed by atoms with Crippen molar-refractivity contribution in [3.63, 3.8) is 0 Å². The number of amides is 1. The van der Waals surface area contributed by atoms with Crippen LogP contribution < -0.4 is 5.32 Å². The van der Waals surface area contributed by atoms with Crippen molar-refractivity contribution in [2.45, 2.75) is 26.8 Å². The van der Waals surface area contributed by atoms with E-state index in [4.69, 9.17) is 11.6 Å². The molecule has 0 saturated carbocycles. The second kappa shape index (κ2) is 5.90. The van der Waals surface area contributed by atoms with Crippen LogP contribution in [0.25, 0.3) is 0 Å². The number of benzene rings is 1. The Morgan fingerprint density at radius 3 is 2.56 bits per heavy atom. The first-order valence-corrected chi connectivity index (χ1v) is 6.01. The van der Waals surface area contributed by atoms with Gasteiger partial charge in [0.2, 0.25) is 5.91 Å². The van der Waals surface area contributed by atoms with Crippen LogP contribution in [0.4, 0.5) is 0 Å². The Balaban J connectivity index is 2.69. The van der Waals surface area contributed by atoms with Gasteiger partial charge in [-0.05, 0) is 25.0 Å². The number of carbonyl (C=O) groups is 1. The Bertz CT molecular complexity index is 365. The Morgan fingerprint density at radius 1 is 1.38 bits per heavy atom. The van der Waals surface area contributed by atoms with Gasteiger partial charge in [-0.25, -0.2) is 0 Å². The summed E-state index contributed by atoms with van der Waals surface area (Å²) in [6, 6.07) is 8.08. The molecule has 2 nitrogen and oxygen atoms in total. The standard InChI is InChI=1S/C13H18ClNO/c1-9-6-4-5-7-12(9)11(3)15-13(16)10(2)8-14/h4-7,10-11H,8H2,1-3H3,(H,15,16)/t10?,11-/m1/s1. The minimum Gasteiger partial charge on any atom is -0.349 e. The quantitative estimate of drug-likeness (QED) is 0.804. The second-order valence-corrected chi connectivity index (χ2v) is 4.45. The molecule has 1 unspecified atom stereocenters. The third-order valence-electron chi connectivity index (χ3n) is 2.69. The predicted octanol–water partition coefficient (Wildman–Crippen LogP) is 3.05. The largest absolute Gasteiger partial charge is 0.349 e. The van der Waals surface area contributed by atoms with Crippen molar-refractivity contribution in [3.05, 3.63) is 35.4 Å². The first kappa shape index (κ1) is 13.0. The van der Waals surface area contributed by atoms with E-state index in [0.29, 0.717) is 5.88 Å². The molecule has 3 heteroatoms. The number of halogens is 1. The summed E-state index contributed by atoms with van der Waals surface area (Å²) < 4.78 is 0. The number of nitrogens with one attached hydrogen (secondary N) is 1. The van der Waals surface area contributed by atoms with Gasteiger partial charge in [-0.2, -0.15) is 0 Å². The van der Waals surface area contributed by atoms with E-state index in [-0.39, 0.29) is 17.9 Å². The van der Waals surface area contributed by atoms with E-state index < -0.39 is 0 Å². The highest BCUT2D eigenvalue weighted by atomic mass is 35.5. The molecule has 88 valence electrons. The molecule has 0 fully saturated rings. The van der Waals surface area contributed by atoms with E-state index in [1.807, 2.05) is 45.0 Å². The zero-order chi connectivity index (χ0) is 12.1. The van der Waals surface area contributed by atoms with Crippen molar-refractivity contribution in [2.24, 2.45) is 5.92 Å². The summed E-state index contributed by atoms with van der Waals surface area (Å²) in [7, 11) is 0. The molecule has 0 bridgehead atoms. The van der Waals surface area contributed by atoms with Crippen LogP contribution in [0.1, 0.15) is 31.0 Å². The van der Waals surface area contributed by atoms with Gasteiger partial charge in [-0.3, -0.25) is 4.79 Å². The Morgan fingerprint density at radius 2 is 2.00 bits per heavy atom. The van der Waals surface area contributed by atoms with E-state index in [0.717, 1.165) is 5.56 Å². The van der Waals surface area contributed by atoms with Crippen LogP contribution in [0.5, 0.6) is 0 Å². The molecular formula is C13H18ClNO. The summed E-state index contributed by atoms with van der Waals surface area (Å²) in [5, 5.41) is 2.96. The maximum absolute atomic E-state index is 11.7. The molecule has 0 heterocycles. The van der Waals surface area contributed by atoms with Gasteiger partial charge in [0.15, 0.2) is 0 Å². The van der Waals surface area contributed by atoms with Crippen LogP contribution >= 0.6 is 11.6 Å². The number of alkyl halides is 1. The van der Waals surface area contributed by atoms with Gasteiger partial charge in [0.25, 0.3) is 0 Å². The van der Waals surface area contributed by atoms with Crippen LogP contribution in [0.15, 0.2) is 24.3 Å². The van der Waals surface area contributed by atoms with E-state index in [9.17, 15) is 4.79 Å². The fourth-order valence-electron chi connectivity index (χ4n) is 1.58. The topological polar surface area (TPSA) is 29.1 Å². The molecule has 16 heavy (non-hydrogen) atoms. The summed E-state index contributed by atoms with van der Waals surface area (Å²) in [5.74, 6) is 0.214. The number of carbonyl (C=O) groups excluding carboxylic acids is 1. The molecule has 0 radical (unpaired) electrons. The summed E-state index contributed by atoms with van der Waals surface area (Å²) in [4.78, 5) is 11.7. The molecule has 1 rings (SSSR count). The fourth-order valence-corrected chi connectivity index (χ4v) is 1.72. The van der Waals surface area contributed by atoms with Gasteiger partial charge in [0, 0.05) is 11.8 Å². The highest BCUT2D eigenvalue weighted by Crippen LogP contribution is 2.17. The van der Waals surface area contributed by atoms with Crippen molar-refractivity contribution in [3.8, 4) is 0 Å². The molecule has 0 saturated heterocycles. The lowest BCUT2D eigenvalue weighted by molar-refractivity contribution is -0.124. The molecule has 1 N–H and O–H groups in total. The molecular weight excluding hydrogens is 222 g/mol. The third-order valence-corrected chi connectivity index (χ3v) is 3.16. The summed E-state index contributed by atoms with van der Waals surface area (Å²) in [6.45, 7) is 5.86. The summed E-state index contributed by atoms with van der Waals surface area (Å²) >= 11 is 5.65. The zero-order valence-electron chi connectivity index (χ0n) is 9.96. The van der Waals surface area contributed by atoms with Gasteiger partial charge in [0.1, 0.15) is 0 Å². The molecule has 0 aliphatic rings. The molecule has 1 amide bonds. The normalized spacial score (nSPS) is 14.2. The predicted molar refractivity (Wildman–Crippen MR) is 67.6 cm³/mol. The van der Waals surface area contributed by atoms with Gasteiger partial charge in [-0.15, -0.1) is 11.6 Å². The van der Waals surface area contributed by atoms with Crippen LogP contribution in [-0.4, -0.2) is 11.8 Å². The van der Waals surface area contributed by atoms with Crippen LogP contribution in [0.2, 0.25) is 0 Å². The number of rotatable bonds is 4. The maximum Gasteiger partial charge on any atom is 0.224 e. The van der Waals surface area contributed by atoms with Crippen molar-refractivity contribution >= 4 is 17.5 Å². The lowest BCUT2D eigenvalue weighted by atomic mass is 10.0. The maximum atomic E-state index is 11.7. The van der Waals surface area contributed by atoms with Crippen LogP contribution in [0, 0.1) is 12.8 Å². The number of aryl methyl sites for hydroxylation is 1. The van der Waals surface area contributed by atoms with Gasteiger partial charge in [-0.1, -0.05) is 31.2 Å².